The molecule has 8 nitrogen and oxygen atoms in total. The number of aromatic nitrogens is 5. The van der Waals surface area contributed by atoms with Crippen LogP contribution in [0.3, 0.4) is 0 Å². The third-order valence-corrected chi connectivity index (χ3v) is 6.63. The number of carbonyl (C=O) groups is 2. The first-order chi connectivity index (χ1) is 18.2. The number of nitrogens with zero attached hydrogens (tertiary/aromatic N) is 4. The van der Waals surface area contributed by atoms with Crippen LogP contribution < -0.4 is 5.73 Å². The van der Waals surface area contributed by atoms with Crippen molar-refractivity contribution in [3.63, 3.8) is 0 Å². The Hall–Kier alpha value is -4.82. The van der Waals surface area contributed by atoms with Gasteiger partial charge in [0.25, 0.3) is 0 Å². The molecule has 6 rings (SSSR count). The van der Waals surface area contributed by atoms with Crippen LogP contribution in [-0.4, -0.2) is 42.9 Å². The van der Waals surface area contributed by atoms with Crippen LogP contribution in [0.25, 0.3) is 49.9 Å². The Labute approximate surface area is 212 Å². The molecule has 6 aromatic rings. The number of hydrogen-bond donors (Lipinski definition) is 2. The van der Waals surface area contributed by atoms with Gasteiger partial charge in [-0.1, -0.05) is 36.4 Å². The number of para-hydroxylation sites is 2. The van der Waals surface area contributed by atoms with Gasteiger partial charge in [-0.15, -0.1) is 0 Å². The Morgan fingerprint density at radius 1 is 0.973 bits per heavy atom. The molecule has 0 atom stereocenters. The number of ketones is 1. The van der Waals surface area contributed by atoms with Crippen molar-refractivity contribution in [2.45, 2.75) is 13.0 Å². The van der Waals surface area contributed by atoms with E-state index < -0.39 is 5.78 Å². The number of benzene rings is 2. The summed E-state index contributed by atoms with van der Waals surface area (Å²) < 4.78 is 4.00. The number of H-pyrrole nitrogens is 1. The van der Waals surface area contributed by atoms with Crippen LogP contribution in [0.4, 0.5) is 0 Å². The maximum Gasteiger partial charge on any atom is 0.242 e. The minimum atomic E-state index is -0.619. The number of Topliss-reactive ketones (excluding diaryl/α,β-unsaturated/α-hetero) is 1. The molecule has 0 saturated carbocycles. The number of hydrogen-bond acceptors (Lipinski definition) is 5. The number of fused-ring (bicyclic) bond motifs is 2. The number of aldehydes is 1. The van der Waals surface area contributed by atoms with Gasteiger partial charge < -0.3 is 15.3 Å². The van der Waals surface area contributed by atoms with Crippen LogP contribution >= 0.6 is 0 Å². The molecule has 4 heterocycles. The van der Waals surface area contributed by atoms with Gasteiger partial charge in [0.2, 0.25) is 5.78 Å². The first-order valence-corrected chi connectivity index (χ1v) is 12.1. The maximum atomic E-state index is 12.8. The lowest BCUT2D eigenvalue weighted by Gasteiger charge is -2.05. The van der Waals surface area contributed by atoms with Gasteiger partial charge in [-0.05, 0) is 37.2 Å². The molecule has 0 aliphatic rings. The number of aryl methyl sites for hydroxylation is 1. The highest BCUT2D eigenvalue weighted by atomic mass is 16.2. The molecule has 2 aromatic carbocycles. The van der Waals surface area contributed by atoms with Crippen molar-refractivity contribution in [2.75, 3.05) is 6.54 Å². The van der Waals surface area contributed by atoms with Crippen LogP contribution in [0.15, 0.2) is 85.5 Å². The fraction of sp³-hybridized carbons (Fsp3) is 0.103. The normalized spacial score (nSPS) is 11.4. The van der Waals surface area contributed by atoms with Crippen molar-refractivity contribution >= 4 is 33.9 Å². The van der Waals surface area contributed by atoms with Gasteiger partial charge in [-0.3, -0.25) is 19.3 Å². The zero-order valence-electron chi connectivity index (χ0n) is 20.0. The third-order valence-electron chi connectivity index (χ3n) is 6.63. The second-order valence-electron chi connectivity index (χ2n) is 8.81. The predicted molar refractivity (Wildman–Crippen MR) is 144 cm³/mol. The van der Waals surface area contributed by atoms with Gasteiger partial charge in [-0.2, -0.15) is 5.10 Å². The Kier molecular flexibility index (Phi) is 5.71. The van der Waals surface area contributed by atoms with Crippen LogP contribution in [0.1, 0.15) is 16.9 Å². The molecule has 8 heteroatoms. The fourth-order valence-corrected chi connectivity index (χ4v) is 4.97. The molecular formula is C29H24N6O2. The van der Waals surface area contributed by atoms with Gasteiger partial charge >= 0.3 is 0 Å². The minimum absolute atomic E-state index is 0.236. The molecule has 0 aliphatic heterocycles. The van der Waals surface area contributed by atoms with E-state index in [1.54, 1.807) is 18.6 Å². The number of carbonyl (C=O) groups excluding carboxylic acids is 2. The molecule has 0 aliphatic carbocycles. The van der Waals surface area contributed by atoms with E-state index >= 15 is 0 Å². The largest absolute Gasteiger partial charge is 0.357 e. The number of nitrogens with one attached hydrogen (secondary N) is 1. The second-order valence-corrected chi connectivity index (χ2v) is 8.81. The molecule has 37 heavy (non-hydrogen) atoms. The van der Waals surface area contributed by atoms with E-state index in [4.69, 9.17) is 10.8 Å². The Bertz CT molecular complexity index is 1760. The van der Waals surface area contributed by atoms with Crippen molar-refractivity contribution in [3.8, 4) is 28.1 Å². The number of aromatic amines is 1. The Morgan fingerprint density at radius 3 is 2.51 bits per heavy atom. The lowest BCUT2D eigenvalue weighted by atomic mass is 9.96. The molecule has 0 bridgehead atoms. The maximum absolute atomic E-state index is 12.8. The second kappa shape index (κ2) is 9.33. The highest BCUT2D eigenvalue weighted by Gasteiger charge is 2.26. The molecule has 3 N–H and O–H groups in total. The topological polar surface area (TPSA) is 112 Å². The molecule has 0 amide bonds. The van der Waals surface area contributed by atoms with Crippen LogP contribution in [0.5, 0.6) is 0 Å². The monoisotopic (exact) mass is 488 g/mol. The molecule has 0 spiro atoms. The Morgan fingerprint density at radius 2 is 1.76 bits per heavy atom. The van der Waals surface area contributed by atoms with Crippen LogP contribution in [0.2, 0.25) is 0 Å². The van der Waals surface area contributed by atoms with Crippen molar-refractivity contribution in [2.24, 2.45) is 5.73 Å². The van der Waals surface area contributed by atoms with E-state index in [-0.39, 0.29) is 5.69 Å². The summed E-state index contributed by atoms with van der Waals surface area (Å²) in [4.78, 5) is 31.8. The van der Waals surface area contributed by atoms with Gasteiger partial charge in [0.15, 0.2) is 6.29 Å². The SMILES string of the molecule is NCCCn1nc(-c2c[nH]c(C(=O)C=O)c2-c2cn(-c3cccnc3)c3ccccc23)c2ccccc21. The lowest BCUT2D eigenvalue weighted by molar-refractivity contribution is -0.104. The average Bonchev–Trinajstić information content (AvgIpc) is 3.65. The van der Waals surface area contributed by atoms with Crippen molar-refractivity contribution < 1.29 is 9.59 Å². The Balaban J connectivity index is 1.65. The summed E-state index contributed by atoms with van der Waals surface area (Å²) in [6, 6.07) is 19.8. The molecule has 0 saturated heterocycles. The van der Waals surface area contributed by atoms with Gasteiger partial charge in [0.05, 0.1) is 28.6 Å². The first-order valence-electron chi connectivity index (χ1n) is 12.1. The van der Waals surface area contributed by atoms with Gasteiger partial charge in [0.1, 0.15) is 5.69 Å². The summed E-state index contributed by atoms with van der Waals surface area (Å²) in [5.41, 5.74) is 11.8. The van der Waals surface area contributed by atoms with E-state index in [0.717, 1.165) is 50.7 Å². The molecule has 0 fully saturated rings. The summed E-state index contributed by atoms with van der Waals surface area (Å²) in [6.07, 6.45) is 8.41. The van der Waals surface area contributed by atoms with Crippen LogP contribution in [0, 0.1) is 0 Å². The zero-order valence-corrected chi connectivity index (χ0v) is 20.0. The van der Waals surface area contributed by atoms with Crippen molar-refractivity contribution in [1.82, 2.24) is 24.3 Å². The first kappa shape index (κ1) is 22.6. The summed E-state index contributed by atoms with van der Waals surface area (Å²) in [5.74, 6) is -0.619. The molecule has 0 radical (unpaired) electrons. The number of nitrogens with two attached hydrogens (primary N) is 1. The fourth-order valence-electron chi connectivity index (χ4n) is 4.97. The van der Waals surface area contributed by atoms with Gasteiger partial charge in [-0.25, -0.2) is 0 Å². The van der Waals surface area contributed by atoms with Crippen molar-refractivity contribution in [1.29, 1.82) is 0 Å². The van der Waals surface area contributed by atoms with E-state index in [1.165, 1.54) is 0 Å². The van der Waals surface area contributed by atoms with E-state index in [1.807, 2.05) is 76.1 Å². The summed E-state index contributed by atoms with van der Waals surface area (Å²) in [5, 5.41) is 6.85. The molecule has 0 unspecified atom stereocenters. The average molecular weight is 489 g/mol. The highest BCUT2D eigenvalue weighted by Crippen LogP contribution is 2.42. The summed E-state index contributed by atoms with van der Waals surface area (Å²) in [6.45, 7) is 1.24. The smallest absolute Gasteiger partial charge is 0.242 e. The molecule has 4 aromatic heterocycles. The zero-order chi connectivity index (χ0) is 25.4. The summed E-state index contributed by atoms with van der Waals surface area (Å²) in [7, 11) is 0. The van der Waals surface area contributed by atoms with Gasteiger partial charge in [0, 0.05) is 52.6 Å². The van der Waals surface area contributed by atoms with E-state index in [9.17, 15) is 9.59 Å². The van der Waals surface area contributed by atoms with Crippen molar-refractivity contribution in [3.05, 3.63) is 91.1 Å². The standard InChI is InChI=1S/C29H24N6O2/c30-12-6-14-35-25-11-4-2-9-21(25)28(33-35)22-16-32-29(26(37)18-36)27(22)23-17-34(19-7-5-13-31-15-19)24-10-3-1-8-20(23)24/h1-5,7-11,13,15-18,32H,6,12,14,30H2. The highest BCUT2D eigenvalue weighted by molar-refractivity contribution is 6.35. The van der Waals surface area contributed by atoms with E-state index in [0.29, 0.717) is 24.9 Å². The number of rotatable bonds is 8. The third kappa shape index (κ3) is 3.75. The summed E-state index contributed by atoms with van der Waals surface area (Å²) >= 11 is 0. The molecule has 182 valence electrons. The minimum Gasteiger partial charge on any atom is -0.357 e. The van der Waals surface area contributed by atoms with Crippen LogP contribution in [-0.2, 0) is 11.3 Å². The van der Waals surface area contributed by atoms with E-state index in [2.05, 4.69) is 9.97 Å². The molecular weight excluding hydrogens is 464 g/mol. The number of pyridine rings is 1. The predicted octanol–water partition coefficient (Wildman–Crippen LogP) is 4.77. The quantitative estimate of drug-likeness (QED) is 0.182. The lowest BCUT2D eigenvalue weighted by Crippen LogP contribution is -2.06.